The van der Waals surface area contributed by atoms with Crippen LogP contribution < -0.4 is 5.73 Å². The first-order valence-corrected chi connectivity index (χ1v) is 12.5. The molecule has 1 aromatic rings. The fraction of sp³-hybridized carbons (Fsp3) is 0.500. The molecule has 2 nitrogen and oxygen atoms in total. The number of likely N-dealkylation sites (tertiary alicyclic amines) is 1. The van der Waals surface area contributed by atoms with E-state index < -0.39 is 0 Å². The third-order valence-electron chi connectivity index (χ3n) is 6.97. The predicted octanol–water partition coefficient (Wildman–Crippen LogP) is 4.89. The van der Waals surface area contributed by atoms with Gasteiger partial charge >= 0.3 is 0 Å². The minimum absolute atomic E-state index is 0.0782. The van der Waals surface area contributed by atoms with Crippen molar-refractivity contribution in [3.63, 3.8) is 0 Å². The minimum Gasteiger partial charge on any atom is -0.401 e. The SMILES string of the molecule is CC[C@]12/C(=C(/N)C(C)(C)/C=C(\C)c3ccccc3)C1N(/C=C(\C)[SiH2]C)C2C. The van der Waals surface area contributed by atoms with Crippen molar-refractivity contribution in [2.45, 2.75) is 66.6 Å². The van der Waals surface area contributed by atoms with Crippen LogP contribution in [0.4, 0.5) is 0 Å². The fourth-order valence-corrected chi connectivity index (χ4v) is 5.40. The van der Waals surface area contributed by atoms with E-state index >= 15 is 0 Å². The van der Waals surface area contributed by atoms with E-state index in [1.165, 1.54) is 23.1 Å². The fourth-order valence-electron chi connectivity index (χ4n) is 5.01. The number of nitrogens with two attached hydrogens (primary N) is 1. The Bertz CT molecular complexity index is 803. The molecule has 0 amide bonds. The molecule has 0 bridgehead atoms. The van der Waals surface area contributed by atoms with Crippen LogP contribution in [0.2, 0.25) is 6.55 Å². The molecule has 1 heterocycles. The molecule has 0 radical (unpaired) electrons. The van der Waals surface area contributed by atoms with Gasteiger partial charge in [0.25, 0.3) is 0 Å². The summed E-state index contributed by atoms with van der Waals surface area (Å²) in [6.07, 6.45) is 5.95. The van der Waals surface area contributed by atoms with Crippen LogP contribution >= 0.6 is 0 Å². The van der Waals surface area contributed by atoms with Crippen molar-refractivity contribution in [1.29, 1.82) is 0 Å². The lowest BCUT2D eigenvalue weighted by atomic mass is 9.82. The maximum atomic E-state index is 6.85. The highest BCUT2D eigenvalue weighted by molar-refractivity contribution is 6.43. The Hall–Kier alpha value is -1.74. The Morgan fingerprint density at radius 1 is 1.26 bits per heavy atom. The third kappa shape index (κ3) is 3.10. The Morgan fingerprint density at radius 3 is 2.44 bits per heavy atom. The summed E-state index contributed by atoms with van der Waals surface area (Å²) in [4.78, 5) is 2.57. The first-order chi connectivity index (χ1) is 12.7. The minimum atomic E-state index is -0.140. The molecule has 3 heteroatoms. The Morgan fingerprint density at radius 2 is 1.89 bits per heavy atom. The zero-order valence-corrected chi connectivity index (χ0v) is 19.5. The average Bonchev–Trinajstić information content (AvgIpc) is 3.29. The number of benzene rings is 1. The van der Waals surface area contributed by atoms with E-state index in [4.69, 9.17) is 5.73 Å². The van der Waals surface area contributed by atoms with Gasteiger partial charge in [-0.05, 0) is 50.1 Å². The summed E-state index contributed by atoms with van der Waals surface area (Å²) < 4.78 is 0. The van der Waals surface area contributed by atoms with Crippen LogP contribution in [0.15, 0.2) is 59.1 Å². The Labute approximate surface area is 168 Å². The van der Waals surface area contributed by atoms with Crippen molar-refractivity contribution in [2.24, 2.45) is 16.6 Å². The summed E-state index contributed by atoms with van der Waals surface area (Å²) in [5, 5.41) is 1.58. The Balaban J connectivity index is 1.94. The quantitative estimate of drug-likeness (QED) is 0.712. The van der Waals surface area contributed by atoms with Crippen molar-refractivity contribution in [2.75, 3.05) is 0 Å². The molecular formula is C24H36N2Si. The largest absolute Gasteiger partial charge is 0.401 e. The predicted molar refractivity (Wildman–Crippen MR) is 121 cm³/mol. The van der Waals surface area contributed by atoms with Crippen molar-refractivity contribution in [3.8, 4) is 0 Å². The lowest BCUT2D eigenvalue weighted by Gasteiger charge is -2.44. The highest BCUT2D eigenvalue weighted by Crippen LogP contribution is 2.71. The van der Waals surface area contributed by atoms with Crippen LogP contribution in [0.1, 0.15) is 53.5 Å². The third-order valence-corrected chi connectivity index (χ3v) is 8.27. The number of allylic oxidation sites excluding steroid dienone is 3. The smallest absolute Gasteiger partial charge is 0.0641 e. The lowest BCUT2D eigenvalue weighted by molar-refractivity contribution is 0.0699. The number of rotatable bonds is 6. The molecule has 1 aromatic carbocycles. The van der Waals surface area contributed by atoms with Gasteiger partial charge in [0.1, 0.15) is 0 Å². The van der Waals surface area contributed by atoms with Crippen LogP contribution in [0, 0.1) is 10.8 Å². The summed E-state index contributed by atoms with van der Waals surface area (Å²) >= 11 is 0. The molecule has 1 aliphatic carbocycles. The number of hydrogen-bond donors (Lipinski definition) is 1. The number of hydrogen-bond acceptors (Lipinski definition) is 2. The molecule has 2 fully saturated rings. The van der Waals surface area contributed by atoms with E-state index in [9.17, 15) is 0 Å². The summed E-state index contributed by atoms with van der Waals surface area (Å²) in [6, 6.07) is 11.7. The summed E-state index contributed by atoms with van der Waals surface area (Å²) in [6.45, 7) is 16.1. The van der Waals surface area contributed by atoms with Gasteiger partial charge in [0.2, 0.25) is 0 Å². The van der Waals surface area contributed by atoms with Crippen molar-refractivity contribution in [3.05, 3.63) is 64.6 Å². The number of nitrogens with zero attached hydrogens (tertiary/aromatic N) is 1. The molecule has 27 heavy (non-hydrogen) atoms. The topological polar surface area (TPSA) is 29.3 Å². The van der Waals surface area contributed by atoms with Gasteiger partial charge in [0.15, 0.2) is 0 Å². The van der Waals surface area contributed by atoms with Gasteiger partial charge in [-0.25, -0.2) is 0 Å². The van der Waals surface area contributed by atoms with Gasteiger partial charge < -0.3 is 10.6 Å². The molecule has 146 valence electrons. The molecule has 2 unspecified atom stereocenters. The second-order valence-electron chi connectivity index (χ2n) is 8.99. The highest BCUT2D eigenvalue weighted by Gasteiger charge is 2.75. The molecule has 1 saturated heterocycles. The van der Waals surface area contributed by atoms with E-state index in [1.54, 1.807) is 5.20 Å². The summed E-state index contributed by atoms with van der Waals surface area (Å²) in [5.41, 5.74) is 12.2. The maximum absolute atomic E-state index is 6.85. The van der Waals surface area contributed by atoms with Crippen molar-refractivity contribution < 1.29 is 0 Å². The zero-order chi connectivity index (χ0) is 20.0. The highest BCUT2D eigenvalue weighted by atomic mass is 28.2. The van der Waals surface area contributed by atoms with E-state index in [-0.39, 0.29) is 14.9 Å². The van der Waals surface area contributed by atoms with E-state index in [1.807, 2.05) is 0 Å². The Kier molecular flexibility index (Phi) is 5.19. The van der Waals surface area contributed by atoms with Gasteiger partial charge in [-0.15, -0.1) is 0 Å². The van der Waals surface area contributed by atoms with Crippen LogP contribution in [0.25, 0.3) is 5.57 Å². The average molecular weight is 381 g/mol. The second-order valence-corrected chi connectivity index (χ2v) is 10.8. The molecule has 0 aromatic heterocycles. The first kappa shape index (κ1) is 20.0. The summed E-state index contributed by atoms with van der Waals surface area (Å²) in [7, 11) is -0.0782. The van der Waals surface area contributed by atoms with Crippen LogP contribution in [-0.2, 0) is 0 Å². The monoisotopic (exact) mass is 380 g/mol. The molecule has 3 rings (SSSR count). The van der Waals surface area contributed by atoms with E-state index in [0.717, 1.165) is 5.70 Å². The molecule has 1 saturated carbocycles. The lowest BCUT2D eigenvalue weighted by Crippen LogP contribution is -2.51. The van der Waals surface area contributed by atoms with Gasteiger partial charge in [-0.3, -0.25) is 0 Å². The van der Waals surface area contributed by atoms with Gasteiger partial charge in [0, 0.05) is 32.1 Å². The number of fused-ring (bicyclic) bond motifs is 1. The molecule has 2 N–H and O–H groups in total. The first-order valence-electron chi connectivity index (χ1n) is 10.4. The van der Waals surface area contributed by atoms with Crippen LogP contribution in [-0.4, -0.2) is 26.5 Å². The molecular weight excluding hydrogens is 344 g/mol. The van der Waals surface area contributed by atoms with Crippen LogP contribution in [0.5, 0.6) is 0 Å². The van der Waals surface area contributed by atoms with Crippen LogP contribution in [0.3, 0.4) is 0 Å². The molecule has 1 aliphatic heterocycles. The summed E-state index contributed by atoms with van der Waals surface area (Å²) in [5.74, 6) is 0. The van der Waals surface area contributed by atoms with E-state index in [0.29, 0.717) is 17.5 Å². The molecule has 3 atom stereocenters. The van der Waals surface area contributed by atoms with Crippen molar-refractivity contribution in [1.82, 2.24) is 4.90 Å². The standard InChI is InChI=1S/C24H36N2Si/c1-8-24-18(4)26(15-17(3)27-7)22(24)20(24)21(25)23(5,6)14-16(2)19-12-10-9-11-13-19/h9-15,18,22H,8,25,27H2,1-7H3/b16-14+,17-15+,21-20+/t18?,22?,24-/m0/s1. The van der Waals surface area contributed by atoms with Gasteiger partial charge in [-0.2, -0.15) is 0 Å². The van der Waals surface area contributed by atoms with Gasteiger partial charge in [0.05, 0.1) is 6.04 Å². The maximum Gasteiger partial charge on any atom is 0.0641 e. The van der Waals surface area contributed by atoms with Crippen molar-refractivity contribution >= 4 is 15.1 Å². The zero-order valence-electron chi connectivity index (χ0n) is 18.1. The van der Waals surface area contributed by atoms with E-state index in [2.05, 4.69) is 95.6 Å². The second kappa shape index (κ2) is 7.01. The molecule has 2 aliphatic rings. The van der Waals surface area contributed by atoms with Gasteiger partial charge in [-0.1, -0.05) is 68.9 Å². The molecule has 0 spiro atoms. The normalized spacial score (nSPS) is 30.4.